The van der Waals surface area contributed by atoms with Gasteiger partial charge in [-0.2, -0.15) is 4.98 Å². The van der Waals surface area contributed by atoms with E-state index in [9.17, 15) is 4.79 Å². The molecule has 0 saturated carbocycles. The first-order chi connectivity index (χ1) is 5.72. The van der Waals surface area contributed by atoms with Gasteiger partial charge < -0.3 is 10.3 Å². The third kappa shape index (κ3) is 2.54. The molecule has 0 aliphatic heterocycles. The van der Waals surface area contributed by atoms with Crippen LogP contribution < -0.4 is 11.0 Å². The standard InChI is InChI=1S/C7H10ClN3O/c1-5-4-6(9-3-2-8)11-7(12)10-5/h4H,2-3H2,1H3,(H2,9,10,11,12). The van der Waals surface area contributed by atoms with Crippen LogP contribution in [-0.2, 0) is 0 Å². The Balaban J connectivity index is 2.79. The maximum Gasteiger partial charge on any atom is 0.347 e. The minimum atomic E-state index is -0.341. The first-order valence-electron chi connectivity index (χ1n) is 3.60. The molecule has 66 valence electrons. The number of H-pyrrole nitrogens is 1. The van der Waals surface area contributed by atoms with E-state index in [1.165, 1.54) is 0 Å². The van der Waals surface area contributed by atoms with Crippen LogP contribution in [0.2, 0.25) is 0 Å². The van der Waals surface area contributed by atoms with Gasteiger partial charge in [-0.3, -0.25) is 0 Å². The average Bonchev–Trinajstić information content (AvgIpc) is 1.99. The van der Waals surface area contributed by atoms with Gasteiger partial charge in [-0.05, 0) is 13.0 Å². The second-order valence-corrected chi connectivity index (χ2v) is 2.75. The number of hydrogen-bond donors (Lipinski definition) is 2. The highest BCUT2D eigenvalue weighted by Crippen LogP contribution is 1.99. The minimum absolute atomic E-state index is 0.341. The number of nitrogens with one attached hydrogen (secondary N) is 2. The number of rotatable bonds is 3. The van der Waals surface area contributed by atoms with Crippen molar-refractivity contribution in [2.75, 3.05) is 17.7 Å². The van der Waals surface area contributed by atoms with Gasteiger partial charge in [0.2, 0.25) is 0 Å². The van der Waals surface area contributed by atoms with Gasteiger partial charge in [-0.1, -0.05) is 0 Å². The lowest BCUT2D eigenvalue weighted by atomic mass is 10.4. The molecule has 0 aromatic carbocycles. The van der Waals surface area contributed by atoms with Crippen molar-refractivity contribution in [2.45, 2.75) is 6.92 Å². The molecule has 0 aliphatic rings. The van der Waals surface area contributed by atoms with Gasteiger partial charge in [0.1, 0.15) is 5.82 Å². The summed E-state index contributed by atoms with van der Waals surface area (Å²) in [5, 5.41) is 2.91. The highest BCUT2D eigenvalue weighted by molar-refractivity contribution is 6.18. The van der Waals surface area contributed by atoms with Crippen molar-refractivity contribution in [1.82, 2.24) is 9.97 Å². The predicted octanol–water partition coefficient (Wildman–Crippen LogP) is 0.729. The molecule has 1 aromatic heterocycles. The number of halogens is 1. The summed E-state index contributed by atoms with van der Waals surface area (Å²) in [5.74, 6) is 1.06. The Morgan fingerprint density at radius 1 is 1.75 bits per heavy atom. The number of hydrogen-bond acceptors (Lipinski definition) is 3. The number of anilines is 1. The first kappa shape index (κ1) is 9.06. The van der Waals surface area contributed by atoms with Gasteiger partial charge in [0, 0.05) is 18.1 Å². The van der Waals surface area contributed by atoms with Crippen LogP contribution in [0.15, 0.2) is 10.9 Å². The molecule has 1 rings (SSSR count). The smallest absolute Gasteiger partial charge is 0.347 e. The van der Waals surface area contributed by atoms with Crippen molar-refractivity contribution in [1.29, 1.82) is 0 Å². The van der Waals surface area contributed by atoms with Gasteiger partial charge in [0.05, 0.1) is 0 Å². The molecule has 12 heavy (non-hydrogen) atoms. The van der Waals surface area contributed by atoms with Crippen LogP contribution in [0.25, 0.3) is 0 Å². The van der Waals surface area contributed by atoms with Gasteiger partial charge in [0.15, 0.2) is 0 Å². The van der Waals surface area contributed by atoms with Crippen molar-refractivity contribution in [3.8, 4) is 0 Å². The summed E-state index contributed by atoms with van der Waals surface area (Å²) in [6, 6.07) is 1.76. The molecule has 0 unspecified atom stereocenters. The van der Waals surface area contributed by atoms with E-state index in [1.807, 2.05) is 0 Å². The molecule has 0 saturated heterocycles. The number of aryl methyl sites for hydroxylation is 1. The molecule has 0 bridgehead atoms. The van der Waals surface area contributed by atoms with E-state index in [-0.39, 0.29) is 5.69 Å². The van der Waals surface area contributed by atoms with Crippen LogP contribution in [0.3, 0.4) is 0 Å². The molecule has 4 nitrogen and oxygen atoms in total. The Hall–Kier alpha value is -1.03. The maximum absolute atomic E-state index is 10.8. The molecule has 0 aliphatic carbocycles. The van der Waals surface area contributed by atoms with Gasteiger partial charge in [-0.25, -0.2) is 4.79 Å². The fourth-order valence-corrected chi connectivity index (χ4v) is 0.940. The van der Waals surface area contributed by atoms with Crippen molar-refractivity contribution in [3.05, 3.63) is 22.2 Å². The second-order valence-electron chi connectivity index (χ2n) is 2.37. The molecule has 1 aromatic rings. The lowest BCUT2D eigenvalue weighted by molar-refractivity contribution is 1.01. The molecule has 2 N–H and O–H groups in total. The molecule has 0 amide bonds. The van der Waals surface area contributed by atoms with E-state index in [1.54, 1.807) is 13.0 Å². The summed E-state index contributed by atoms with van der Waals surface area (Å²) in [6.07, 6.45) is 0. The van der Waals surface area contributed by atoms with Crippen LogP contribution in [0.5, 0.6) is 0 Å². The third-order valence-electron chi connectivity index (χ3n) is 1.28. The Morgan fingerprint density at radius 3 is 3.08 bits per heavy atom. The summed E-state index contributed by atoms with van der Waals surface area (Å²) >= 11 is 5.45. The van der Waals surface area contributed by atoms with Crippen LogP contribution in [0.4, 0.5) is 5.82 Å². The Labute approximate surface area is 75.0 Å². The SMILES string of the molecule is Cc1cc(NCCCl)nc(=O)[nH]1. The molecule has 5 heteroatoms. The predicted molar refractivity (Wildman–Crippen MR) is 48.8 cm³/mol. The molecular formula is C7H10ClN3O. The summed E-state index contributed by atoms with van der Waals surface area (Å²) in [6.45, 7) is 2.41. The topological polar surface area (TPSA) is 57.8 Å². The number of nitrogens with zero attached hydrogens (tertiary/aromatic N) is 1. The fourth-order valence-electron chi connectivity index (χ4n) is 0.845. The Bertz CT molecular complexity index is 310. The molecule has 0 spiro atoms. The van der Waals surface area contributed by atoms with Gasteiger partial charge in [0.25, 0.3) is 0 Å². The zero-order valence-electron chi connectivity index (χ0n) is 6.72. The Kier molecular flexibility index (Phi) is 3.10. The van der Waals surface area contributed by atoms with E-state index >= 15 is 0 Å². The van der Waals surface area contributed by atoms with Crippen LogP contribution in [0, 0.1) is 6.92 Å². The van der Waals surface area contributed by atoms with E-state index in [0.29, 0.717) is 18.2 Å². The lowest BCUT2D eigenvalue weighted by Gasteiger charge is -2.01. The molecule has 1 heterocycles. The second kappa shape index (κ2) is 4.11. The average molecular weight is 188 g/mol. The number of alkyl halides is 1. The van der Waals surface area contributed by atoms with Crippen molar-refractivity contribution in [3.63, 3.8) is 0 Å². The van der Waals surface area contributed by atoms with Crippen LogP contribution >= 0.6 is 11.6 Å². The molecule has 0 atom stereocenters. The zero-order chi connectivity index (χ0) is 8.97. The van der Waals surface area contributed by atoms with E-state index < -0.39 is 0 Å². The zero-order valence-corrected chi connectivity index (χ0v) is 7.48. The first-order valence-corrected chi connectivity index (χ1v) is 4.13. The molecule has 0 radical (unpaired) electrons. The van der Waals surface area contributed by atoms with E-state index in [4.69, 9.17) is 11.6 Å². The minimum Gasteiger partial charge on any atom is -0.369 e. The van der Waals surface area contributed by atoms with Crippen molar-refractivity contribution >= 4 is 17.4 Å². The summed E-state index contributed by atoms with van der Waals surface area (Å²) in [4.78, 5) is 17.1. The highest BCUT2D eigenvalue weighted by atomic mass is 35.5. The third-order valence-corrected chi connectivity index (χ3v) is 1.47. The van der Waals surface area contributed by atoms with Gasteiger partial charge >= 0.3 is 5.69 Å². The van der Waals surface area contributed by atoms with Crippen LogP contribution in [0.1, 0.15) is 5.69 Å². The largest absolute Gasteiger partial charge is 0.369 e. The Morgan fingerprint density at radius 2 is 2.50 bits per heavy atom. The van der Waals surface area contributed by atoms with Crippen molar-refractivity contribution in [2.24, 2.45) is 0 Å². The summed E-state index contributed by atoms with van der Waals surface area (Å²) < 4.78 is 0. The van der Waals surface area contributed by atoms with Gasteiger partial charge in [-0.15, -0.1) is 11.6 Å². The maximum atomic E-state index is 10.8. The lowest BCUT2D eigenvalue weighted by Crippen LogP contribution is -2.15. The fraction of sp³-hybridized carbons (Fsp3) is 0.429. The quantitative estimate of drug-likeness (QED) is 0.686. The monoisotopic (exact) mass is 187 g/mol. The van der Waals surface area contributed by atoms with E-state index in [0.717, 1.165) is 5.69 Å². The molecule has 0 fully saturated rings. The normalized spacial score (nSPS) is 9.83. The summed E-state index contributed by atoms with van der Waals surface area (Å²) in [7, 11) is 0. The van der Waals surface area contributed by atoms with Crippen LogP contribution in [-0.4, -0.2) is 22.4 Å². The van der Waals surface area contributed by atoms with Crippen molar-refractivity contribution < 1.29 is 0 Å². The number of aromatic nitrogens is 2. The highest BCUT2D eigenvalue weighted by Gasteiger charge is 1.95. The molecular weight excluding hydrogens is 178 g/mol. The summed E-state index contributed by atoms with van der Waals surface area (Å²) in [5.41, 5.74) is 0.444. The van der Waals surface area contributed by atoms with E-state index in [2.05, 4.69) is 15.3 Å². The number of aromatic amines is 1.